The molecule has 2 amide bonds. The van der Waals surface area contributed by atoms with Crippen LogP contribution in [0.3, 0.4) is 0 Å². The quantitative estimate of drug-likeness (QED) is 0.682. The third-order valence-electron chi connectivity index (χ3n) is 4.27. The number of aromatic nitrogens is 1. The normalized spacial score (nSPS) is 12.5. The van der Waals surface area contributed by atoms with E-state index in [1.54, 1.807) is 31.2 Å². The Labute approximate surface area is 158 Å². The van der Waals surface area contributed by atoms with Crippen molar-refractivity contribution in [1.82, 2.24) is 10.3 Å². The topological polar surface area (TPSA) is 92.3 Å². The van der Waals surface area contributed by atoms with Gasteiger partial charge < -0.3 is 20.7 Å². The summed E-state index contributed by atoms with van der Waals surface area (Å²) in [4.78, 5) is 28.2. The number of fused-ring (bicyclic) bond motifs is 1. The van der Waals surface area contributed by atoms with Crippen molar-refractivity contribution in [2.45, 2.75) is 26.2 Å². The molecular formula is C20H24N4O3. The van der Waals surface area contributed by atoms with Gasteiger partial charge in [0.1, 0.15) is 5.82 Å². The lowest BCUT2D eigenvalue weighted by molar-refractivity contribution is 0.0526. The van der Waals surface area contributed by atoms with Crippen molar-refractivity contribution < 1.29 is 14.3 Å². The highest BCUT2D eigenvalue weighted by Crippen LogP contribution is 2.19. The minimum absolute atomic E-state index is 0.296. The summed E-state index contributed by atoms with van der Waals surface area (Å²) in [6, 6.07) is 10.4. The Morgan fingerprint density at radius 1 is 1.19 bits per heavy atom. The van der Waals surface area contributed by atoms with Gasteiger partial charge in [0.2, 0.25) is 0 Å². The average molecular weight is 368 g/mol. The number of aryl methyl sites for hydroxylation is 1. The molecule has 0 saturated heterocycles. The maximum atomic E-state index is 12.0. The number of urea groups is 1. The Kier molecular flexibility index (Phi) is 6.25. The number of hydrogen-bond donors (Lipinski definition) is 3. The Bertz CT molecular complexity index is 805. The van der Waals surface area contributed by atoms with Gasteiger partial charge in [-0.05, 0) is 55.7 Å². The summed E-state index contributed by atoms with van der Waals surface area (Å²) in [5, 5.41) is 8.87. The molecule has 1 aliphatic heterocycles. The van der Waals surface area contributed by atoms with Crippen LogP contribution >= 0.6 is 0 Å². The first-order chi connectivity index (χ1) is 13.2. The predicted molar refractivity (Wildman–Crippen MR) is 104 cm³/mol. The third-order valence-corrected chi connectivity index (χ3v) is 4.27. The minimum atomic E-state index is -0.374. The number of carbonyl (C=O) groups is 2. The molecular weight excluding hydrogens is 344 g/mol. The van der Waals surface area contributed by atoms with Crippen molar-refractivity contribution in [2.75, 3.05) is 30.3 Å². The summed E-state index contributed by atoms with van der Waals surface area (Å²) in [6.45, 7) is 3.53. The van der Waals surface area contributed by atoms with Gasteiger partial charge in [0, 0.05) is 30.9 Å². The van der Waals surface area contributed by atoms with Crippen LogP contribution in [0.4, 0.5) is 16.3 Å². The van der Waals surface area contributed by atoms with Gasteiger partial charge in [-0.25, -0.2) is 14.6 Å². The second-order valence-corrected chi connectivity index (χ2v) is 6.27. The molecule has 2 aromatic rings. The van der Waals surface area contributed by atoms with Crippen LogP contribution in [0.25, 0.3) is 0 Å². The zero-order valence-electron chi connectivity index (χ0n) is 15.4. The van der Waals surface area contributed by atoms with E-state index < -0.39 is 0 Å². The lowest BCUT2D eigenvalue weighted by Gasteiger charge is -2.17. The predicted octanol–water partition coefficient (Wildman–Crippen LogP) is 2.98. The van der Waals surface area contributed by atoms with Crippen molar-refractivity contribution >= 4 is 23.5 Å². The summed E-state index contributed by atoms with van der Waals surface area (Å²) in [6.07, 6.45) is 2.85. The number of esters is 1. The number of nitrogens with one attached hydrogen (secondary N) is 3. The molecule has 2 heterocycles. The van der Waals surface area contributed by atoms with Gasteiger partial charge in [-0.1, -0.05) is 6.07 Å². The smallest absolute Gasteiger partial charge is 0.338 e. The van der Waals surface area contributed by atoms with E-state index in [1.807, 2.05) is 6.07 Å². The molecule has 7 nitrogen and oxygen atoms in total. The van der Waals surface area contributed by atoms with Crippen molar-refractivity contribution in [2.24, 2.45) is 0 Å². The number of rotatable bonds is 6. The molecule has 3 rings (SSSR count). The number of anilines is 2. The van der Waals surface area contributed by atoms with E-state index in [-0.39, 0.29) is 12.0 Å². The molecule has 0 radical (unpaired) electrons. The molecule has 142 valence electrons. The lowest BCUT2D eigenvalue weighted by atomic mass is 10.1. The fourth-order valence-corrected chi connectivity index (χ4v) is 2.89. The van der Waals surface area contributed by atoms with Gasteiger partial charge in [0.15, 0.2) is 0 Å². The number of ether oxygens (including phenoxy) is 1. The van der Waals surface area contributed by atoms with Gasteiger partial charge >= 0.3 is 12.0 Å². The van der Waals surface area contributed by atoms with Crippen LogP contribution in [0.1, 0.15) is 35.0 Å². The average Bonchev–Trinajstić information content (AvgIpc) is 2.68. The highest BCUT2D eigenvalue weighted by atomic mass is 16.5. The van der Waals surface area contributed by atoms with Gasteiger partial charge in [0.05, 0.1) is 12.2 Å². The largest absolute Gasteiger partial charge is 0.462 e. The Balaban J connectivity index is 1.45. The molecule has 0 aliphatic carbocycles. The monoisotopic (exact) mass is 368 g/mol. The molecule has 0 bridgehead atoms. The third kappa shape index (κ3) is 5.20. The molecule has 3 N–H and O–H groups in total. The SMILES string of the molecule is CCOC(=O)c1ccc(NC(=O)NCCc2ccc3c(n2)NCCC3)cc1. The summed E-state index contributed by atoms with van der Waals surface area (Å²) in [7, 11) is 0. The second-order valence-electron chi connectivity index (χ2n) is 6.27. The number of carbonyl (C=O) groups excluding carboxylic acids is 2. The van der Waals surface area contributed by atoms with E-state index >= 15 is 0 Å². The molecule has 1 aromatic heterocycles. The maximum Gasteiger partial charge on any atom is 0.338 e. The van der Waals surface area contributed by atoms with E-state index in [0.29, 0.717) is 30.8 Å². The highest BCUT2D eigenvalue weighted by molar-refractivity contribution is 5.92. The number of nitrogens with zero attached hydrogens (tertiary/aromatic N) is 1. The van der Waals surface area contributed by atoms with Gasteiger partial charge in [-0.15, -0.1) is 0 Å². The summed E-state index contributed by atoms with van der Waals surface area (Å²) in [5.74, 6) is 0.588. The van der Waals surface area contributed by atoms with Crippen LogP contribution in [-0.2, 0) is 17.6 Å². The first kappa shape index (κ1) is 18.7. The van der Waals surface area contributed by atoms with Crippen molar-refractivity contribution in [3.63, 3.8) is 0 Å². The maximum absolute atomic E-state index is 12.0. The Morgan fingerprint density at radius 2 is 2.00 bits per heavy atom. The molecule has 1 aliphatic rings. The van der Waals surface area contributed by atoms with Crippen LogP contribution in [-0.4, -0.2) is 36.7 Å². The van der Waals surface area contributed by atoms with Crippen molar-refractivity contribution in [3.8, 4) is 0 Å². The van der Waals surface area contributed by atoms with E-state index in [0.717, 1.165) is 30.9 Å². The fraction of sp³-hybridized carbons (Fsp3) is 0.350. The number of benzene rings is 1. The standard InChI is InChI=1S/C20H24N4O3/c1-2-27-19(25)15-6-9-16(10-7-15)24-20(26)22-13-11-17-8-5-14-4-3-12-21-18(14)23-17/h5-10H,2-4,11-13H2,1H3,(H,21,23)(H2,22,24,26). The van der Waals surface area contributed by atoms with Crippen LogP contribution in [0.5, 0.6) is 0 Å². The first-order valence-electron chi connectivity index (χ1n) is 9.20. The molecule has 0 saturated carbocycles. The van der Waals surface area contributed by atoms with Crippen LogP contribution in [0.15, 0.2) is 36.4 Å². The molecule has 0 fully saturated rings. The molecule has 27 heavy (non-hydrogen) atoms. The zero-order chi connectivity index (χ0) is 19.1. The number of amides is 2. The molecule has 0 atom stereocenters. The summed E-state index contributed by atoms with van der Waals surface area (Å²) >= 11 is 0. The minimum Gasteiger partial charge on any atom is -0.462 e. The van der Waals surface area contributed by atoms with E-state index in [1.165, 1.54) is 5.56 Å². The van der Waals surface area contributed by atoms with Crippen LogP contribution in [0, 0.1) is 0 Å². The number of pyridine rings is 1. The highest BCUT2D eigenvalue weighted by Gasteiger charge is 2.11. The van der Waals surface area contributed by atoms with Crippen LogP contribution < -0.4 is 16.0 Å². The molecule has 7 heteroatoms. The summed E-state index contributed by atoms with van der Waals surface area (Å²) < 4.78 is 4.93. The molecule has 0 spiro atoms. The van der Waals surface area contributed by atoms with Gasteiger partial charge in [-0.2, -0.15) is 0 Å². The second kappa shape index (κ2) is 9.02. The Morgan fingerprint density at radius 3 is 2.78 bits per heavy atom. The van der Waals surface area contributed by atoms with Gasteiger partial charge in [0.25, 0.3) is 0 Å². The zero-order valence-corrected chi connectivity index (χ0v) is 15.4. The van der Waals surface area contributed by atoms with Crippen molar-refractivity contribution in [1.29, 1.82) is 0 Å². The Hall–Kier alpha value is -3.09. The van der Waals surface area contributed by atoms with Gasteiger partial charge in [-0.3, -0.25) is 0 Å². The molecule has 1 aromatic carbocycles. The summed E-state index contributed by atoms with van der Waals surface area (Å²) in [5.41, 5.74) is 3.26. The van der Waals surface area contributed by atoms with Crippen LogP contribution in [0.2, 0.25) is 0 Å². The van der Waals surface area contributed by atoms with Crippen molar-refractivity contribution in [3.05, 3.63) is 53.2 Å². The lowest BCUT2D eigenvalue weighted by Crippen LogP contribution is -2.30. The first-order valence-corrected chi connectivity index (χ1v) is 9.20. The van der Waals surface area contributed by atoms with E-state index in [2.05, 4.69) is 27.0 Å². The fourth-order valence-electron chi connectivity index (χ4n) is 2.89. The van der Waals surface area contributed by atoms with E-state index in [4.69, 9.17) is 4.74 Å². The number of hydrogen-bond acceptors (Lipinski definition) is 5. The van der Waals surface area contributed by atoms with E-state index in [9.17, 15) is 9.59 Å². The molecule has 0 unspecified atom stereocenters.